The Kier molecular flexibility index (Phi) is 6.10. The Morgan fingerprint density at radius 3 is 2.73 bits per heavy atom. The highest BCUT2D eigenvalue weighted by molar-refractivity contribution is 5.77. The van der Waals surface area contributed by atoms with E-state index in [1.807, 2.05) is 12.1 Å². The van der Waals surface area contributed by atoms with Crippen LogP contribution in [-0.4, -0.2) is 26.2 Å². The van der Waals surface area contributed by atoms with E-state index in [2.05, 4.69) is 29.4 Å². The summed E-state index contributed by atoms with van der Waals surface area (Å²) in [7, 11) is 1.74. The highest BCUT2D eigenvalue weighted by Gasteiger charge is 2.37. The highest BCUT2D eigenvalue weighted by atomic mass is 16.5. The van der Waals surface area contributed by atoms with Crippen LogP contribution >= 0.6 is 0 Å². The van der Waals surface area contributed by atoms with Gasteiger partial charge in [-0.2, -0.15) is 0 Å². The summed E-state index contributed by atoms with van der Waals surface area (Å²) in [5, 5.41) is 3.20. The van der Waals surface area contributed by atoms with Crippen molar-refractivity contribution in [2.24, 2.45) is 10.7 Å². The monoisotopic (exact) mass is 303 g/mol. The van der Waals surface area contributed by atoms with Crippen LogP contribution in [0.25, 0.3) is 0 Å². The van der Waals surface area contributed by atoms with Crippen molar-refractivity contribution >= 4 is 5.96 Å². The summed E-state index contributed by atoms with van der Waals surface area (Å²) in [6, 6.07) is 8.34. The van der Waals surface area contributed by atoms with Crippen molar-refractivity contribution in [3.63, 3.8) is 0 Å². The number of unbranched alkanes of at least 4 members (excludes halogenated alkanes) is 1. The zero-order valence-corrected chi connectivity index (χ0v) is 13.9. The fourth-order valence-electron chi connectivity index (χ4n) is 3.33. The first-order chi connectivity index (χ1) is 10.7. The van der Waals surface area contributed by atoms with Crippen LogP contribution in [0.15, 0.2) is 29.3 Å². The second-order valence-corrected chi connectivity index (χ2v) is 6.17. The second kappa shape index (κ2) is 8.06. The summed E-state index contributed by atoms with van der Waals surface area (Å²) in [5.74, 6) is 1.53. The molecule has 1 fully saturated rings. The molecule has 0 aromatic heterocycles. The number of ether oxygens (including phenoxy) is 1. The lowest BCUT2D eigenvalue weighted by Gasteiger charge is -2.29. The van der Waals surface area contributed by atoms with Gasteiger partial charge in [0.2, 0.25) is 0 Å². The molecule has 0 spiro atoms. The van der Waals surface area contributed by atoms with Gasteiger partial charge in [0.15, 0.2) is 5.96 Å². The Morgan fingerprint density at radius 1 is 1.32 bits per heavy atom. The molecule has 1 saturated carbocycles. The predicted molar refractivity (Wildman–Crippen MR) is 92.5 cm³/mol. The largest absolute Gasteiger partial charge is 0.496 e. The minimum atomic E-state index is 0.0731. The fraction of sp³-hybridized carbons (Fsp3) is 0.611. The molecule has 0 amide bonds. The SMILES string of the molecule is CCCCNC(N)=NCC1(c2ccccc2OC)CCCC1. The van der Waals surface area contributed by atoms with Crippen molar-refractivity contribution in [3.05, 3.63) is 29.8 Å². The number of nitrogens with two attached hydrogens (primary N) is 1. The Balaban J connectivity index is 2.13. The number of methoxy groups -OCH3 is 1. The second-order valence-electron chi connectivity index (χ2n) is 6.17. The molecule has 1 aromatic carbocycles. The molecule has 0 atom stereocenters. The minimum absolute atomic E-state index is 0.0731. The molecule has 4 heteroatoms. The Morgan fingerprint density at radius 2 is 2.05 bits per heavy atom. The van der Waals surface area contributed by atoms with Gasteiger partial charge in [0, 0.05) is 17.5 Å². The van der Waals surface area contributed by atoms with E-state index in [1.165, 1.54) is 18.4 Å². The van der Waals surface area contributed by atoms with E-state index in [0.29, 0.717) is 5.96 Å². The lowest BCUT2D eigenvalue weighted by atomic mass is 9.78. The van der Waals surface area contributed by atoms with Crippen LogP contribution in [-0.2, 0) is 5.41 Å². The number of aliphatic imine (C=N–C) groups is 1. The molecule has 22 heavy (non-hydrogen) atoms. The maximum Gasteiger partial charge on any atom is 0.188 e. The molecule has 4 nitrogen and oxygen atoms in total. The Hall–Kier alpha value is -1.71. The summed E-state index contributed by atoms with van der Waals surface area (Å²) in [6.07, 6.45) is 7.07. The lowest BCUT2D eigenvalue weighted by molar-refractivity contribution is 0.378. The van der Waals surface area contributed by atoms with E-state index in [1.54, 1.807) is 7.11 Å². The average Bonchev–Trinajstić information content (AvgIpc) is 3.03. The number of hydrogen-bond acceptors (Lipinski definition) is 2. The third kappa shape index (κ3) is 3.93. The molecule has 0 saturated heterocycles. The first-order valence-electron chi connectivity index (χ1n) is 8.39. The molecule has 0 radical (unpaired) electrons. The number of nitrogens with one attached hydrogen (secondary N) is 1. The maximum atomic E-state index is 6.01. The van der Waals surface area contributed by atoms with Crippen molar-refractivity contribution in [2.75, 3.05) is 20.2 Å². The summed E-state index contributed by atoms with van der Waals surface area (Å²) < 4.78 is 5.57. The Bertz CT molecular complexity index is 493. The summed E-state index contributed by atoms with van der Waals surface area (Å²) in [4.78, 5) is 4.63. The number of hydrogen-bond donors (Lipinski definition) is 2. The van der Waals surface area contributed by atoms with Gasteiger partial charge in [-0.15, -0.1) is 0 Å². The number of rotatable bonds is 7. The van der Waals surface area contributed by atoms with Gasteiger partial charge in [0.25, 0.3) is 0 Å². The van der Waals surface area contributed by atoms with Crippen molar-refractivity contribution in [3.8, 4) is 5.75 Å². The fourth-order valence-corrected chi connectivity index (χ4v) is 3.33. The van der Waals surface area contributed by atoms with Gasteiger partial charge in [-0.05, 0) is 25.3 Å². The maximum absolute atomic E-state index is 6.01. The van der Waals surface area contributed by atoms with E-state index in [0.717, 1.165) is 44.5 Å². The molecule has 0 bridgehead atoms. The first-order valence-corrected chi connectivity index (χ1v) is 8.39. The van der Waals surface area contributed by atoms with Crippen molar-refractivity contribution in [1.29, 1.82) is 0 Å². The predicted octanol–water partition coefficient (Wildman–Crippen LogP) is 3.21. The summed E-state index contributed by atoms with van der Waals surface area (Å²) >= 11 is 0. The zero-order chi connectivity index (χ0) is 15.8. The van der Waals surface area contributed by atoms with Crippen molar-refractivity contribution < 1.29 is 4.74 Å². The van der Waals surface area contributed by atoms with Gasteiger partial charge in [0.1, 0.15) is 5.75 Å². The number of guanidine groups is 1. The van der Waals surface area contributed by atoms with Crippen LogP contribution in [0, 0.1) is 0 Å². The minimum Gasteiger partial charge on any atom is -0.496 e. The highest BCUT2D eigenvalue weighted by Crippen LogP contribution is 2.44. The quantitative estimate of drug-likeness (QED) is 0.462. The topological polar surface area (TPSA) is 59.6 Å². The van der Waals surface area contributed by atoms with Crippen molar-refractivity contribution in [1.82, 2.24) is 5.32 Å². The molecule has 3 N–H and O–H groups in total. The van der Waals surface area contributed by atoms with Crippen LogP contribution in [0.4, 0.5) is 0 Å². The van der Waals surface area contributed by atoms with E-state index < -0.39 is 0 Å². The van der Waals surface area contributed by atoms with Gasteiger partial charge in [-0.1, -0.05) is 44.4 Å². The lowest BCUT2D eigenvalue weighted by Crippen LogP contribution is -2.35. The van der Waals surface area contributed by atoms with Crippen LogP contribution in [0.3, 0.4) is 0 Å². The van der Waals surface area contributed by atoms with E-state index >= 15 is 0 Å². The molecule has 1 aliphatic carbocycles. The van der Waals surface area contributed by atoms with E-state index in [4.69, 9.17) is 10.5 Å². The zero-order valence-electron chi connectivity index (χ0n) is 13.9. The Labute approximate surface area is 134 Å². The van der Waals surface area contributed by atoms with Gasteiger partial charge >= 0.3 is 0 Å². The van der Waals surface area contributed by atoms with Crippen LogP contribution in [0.5, 0.6) is 5.75 Å². The first kappa shape index (κ1) is 16.7. The third-order valence-corrected chi connectivity index (χ3v) is 4.63. The molecule has 122 valence electrons. The molecule has 1 aliphatic rings. The molecular formula is C18H29N3O. The standard InChI is InChI=1S/C18H29N3O/c1-3-4-13-20-17(19)21-14-18(11-7-8-12-18)15-9-5-6-10-16(15)22-2/h5-6,9-10H,3-4,7-8,11-14H2,1-2H3,(H3,19,20,21). The summed E-state index contributed by atoms with van der Waals surface area (Å²) in [6.45, 7) is 3.80. The number of para-hydroxylation sites is 1. The molecule has 0 aliphatic heterocycles. The molecule has 1 aromatic rings. The third-order valence-electron chi connectivity index (χ3n) is 4.63. The smallest absolute Gasteiger partial charge is 0.188 e. The van der Waals surface area contributed by atoms with Gasteiger partial charge in [0.05, 0.1) is 13.7 Å². The molecular weight excluding hydrogens is 274 g/mol. The van der Waals surface area contributed by atoms with Crippen LogP contribution < -0.4 is 15.8 Å². The number of nitrogens with zero attached hydrogens (tertiary/aromatic N) is 1. The molecule has 0 heterocycles. The van der Waals surface area contributed by atoms with Gasteiger partial charge in [-0.3, -0.25) is 4.99 Å². The van der Waals surface area contributed by atoms with Crippen LogP contribution in [0.2, 0.25) is 0 Å². The molecule has 2 rings (SSSR count). The number of benzene rings is 1. The van der Waals surface area contributed by atoms with Gasteiger partial charge < -0.3 is 15.8 Å². The van der Waals surface area contributed by atoms with E-state index in [9.17, 15) is 0 Å². The summed E-state index contributed by atoms with van der Waals surface area (Å²) in [5.41, 5.74) is 7.36. The normalized spacial score (nSPS) is 17.5. The average molecular weight is 303 g/mol. The van der Waals surface area contributed by atoms with Crippen molar-refractivity contribution in [2.45, 2.75) is 50.9 Å². The van der Waals surface area contributed by atoms with Crippen LogP contribution in [0.1, 0.15) is 51.0 Å². The molecule has 0 unspecified atom stereocenters. The van der Waals surface area contributed by atoms with E-state index in [-0.39, 0.29) is 5.41 Å². The van der Waals surface area contributed by atoms with Gasteiger partial charge in [-0.25, -0.2) is 0 Å².